The van der Waals surface area contributed by atoms with Gasteiger partial charge in [0.2, 0.25) is 5.91 Å². The van der Waals surface area contributed by atoms with Gasteiger partial charge in [-0.2, -0.15) is 5.10 Å². The Bertz CT molecular complexity index is 1040. The quantitative estimate of drug-likeness (QED) is 0.685. The Morgan fingerprint density at radius 3 is 2.64 bits per heavy atom. The number of aliphatic imine (C=N–C) groups is 1. The fourth-order valence-electron chi connectivity index (χ4n) is 2.88. The van der Waals surface area contributed by atoms with Gasteiger partial charge in [-0.25, -0.2) is 4.68 Å². The summed E-state index contributed by atoms with van der Waals surface area (Å²) in [6.45, 7) is 2.81. The van der Waals surface area contributed by atoms with Crippen LogP contribution in [0.2, 0.25) is 0 Å². The van der Waals surface area contributed by atoms with Gasteiger partial charge in [0.25, 0.3) is 0 Å². The van der Waals surface area contributed by atoms with Gasteiger partial charge in [-0.1, -0.05) is 59.8 Å². The first kappa shape index (κ1) is 18.3. The highest BCUT2D eigenvalue weighted by atomic mass is 32.2. The highest BCUT2D eigenvalue weighted by molar-refractivity contribution is 8.14. The zero-order chi connectivity index (χ0) is 19.3. The standard InChI is InChI=1S/C22H20N4OS/c1-16-7-9-17(10-8-16)21-18(11-12-20(27)24-22-23-13-14-28-22)15-26(25-21)19-5-3-2-4-6-19/h2-12,15H,13-14H2,1H3,(H,23,24,27). The molecule has 0 aliphatic carbocycles. The molecule has 1 N–H and O–H groups in total. The molecule has 0 atom stereocenters. The minimum atomic E-state index is -0.185. The van der Waals surface area contributed by atoms with Crippen molar-refractivity contribution >= 4 is 28.9 Å². The first-order chi connectivity index (χ1) is 13.7. The number of hydrogen-bond donors (Lipinski definition) is 1. The number of benzene rings is 2. The predicted octanol–water partition coefficient (Wildman–Crippen LogP) is 4.08. The number of para-hydroxylation sites is 1. The van der Waals surface area contributed by atoms with Crippen LogP contribution in [0.1, 0.15) is 11.1 Å². The van der Waals surface area contributed by atoms with Crippen molar-refractivity contribution in [2.45, 2.75) is 6.92 Å². The average Bonchev–Trinajstić information content (AvgIpc) is 3.38. The van der Waals surface area contributed by atoms with Crippen LogP contribution in [0.4, 0.5) is 0 Å². The second kappa shape index (κ2) is 8.27. The van der Waals surface area contributed by atoms with Crippen molar-refractivity contribution in [1.82, 2.24) is 15.1 Å². The minimum absolute atomic E-state index is 0.185. The number of aromatic nitrogens is 2. The van der Waals surface area contributed by atoms with Gasteiger partial charge in [0.15, 0.2) is 5.17 Å². The van der Waals surface area contributed by atoms with Crippen LogP contribution in [0.15, 0.2) is 71.9 Å². The van der Waals surface area contributed by atoms with Gasteiger partial charge in [0, 0.05) is 29.2 Å². The zero-order valence-corrected chi connectivity index (χ0v) is 16.3. The highest BCUT2D eigenvalue weighted by Crippen LogP contribution is 2.25. The van der Waals surface area contributed by atoms with Crippen LogP contribution in [0.25, 0.3) is 23.0 Å². The summed E-state index contributed by atoms with van der Waals surface area (Å²) >= 11 is 1.56. The molecule has 4 rings (SSSR count). The molecule has 0 bridgehead atoms. The van der Waals surface area contributed by atoms with Crippen LogP contribution >= 0.6 is 11.8 Å². The number of amidine groups is 1. The number of nitrogens with one attached hydrogen (secondary N) is 1. The van der Waals surface area contributed by atoms with E-state index in [9.17, 15) is 4.79 Å². The number of carbonyl (C=O) groups is 1. The van der Waals surface area contributed by atoms with Crippen molar-refractivity contribution in [3.63, 3.8) is 0 Å². The van der Waals surface area contributed by atoms with Crippen molar-refractivity contribution in [1.29, 1.82) is 0 Å². The number of thioether (sulfide) groups is 1. The molecule has 0 saturated carbocycles. The van der Waals surface area contributed by atoms with Crippen LogP contribution < -0.4 is 5.32 Å². The molecule has 3 aromatic rings. The molecule has 1 aliphatic heterocycles. The predicted molar refractivity (Wildman–Crippen MR) is 116 cm³/mol. The molecule has 0 radical (unpaired) electrons. The van der Waals surface area contributed by atoms with Gasteiger partial charge in [0.1, 0.15) is 0 Å². The Morgan fingerprint density at radius 2 is 1.93 bits per heavy atom. The summed E-state index contributed by atoms with van der Waals surface area (Å²) in [5, 5.41) is 8.27. The van der Waals surface area contributed by atoms with Crippen LogP contribution in [0, 0.1) is 6.92 Å². The summed E-state index contributed by atoms with van der Waals surface area (Å²) in [4.78, 5) is 16.5. The Hall–Kier alpha value is -3.12. The molecule has 1 amide bonds. The topological polar surface area (TPSA) is 59.3 Å². The third-order valence-electron chi connectivity index (χ3n) is 4.32. The van der Waals surface area contributed by atoms with Gasteiger partial charge in [-0.05, 0) is 25.1 Å². The first-order valence-electron chi connectivity index (χ1n) is 9.07. The number of hydrogen-bond acceptors (Lipinski definition) is 4. The van der Waals surface area contributed by atoms with Crippen molar-refractivity contribution in [2.24, 2.45) is 4.99 Å². The molecular formula is C22H20N4OS. The molecule has 1 aliphatic rings. The van der Waals surface area contributed by atoms with Gasteiger partial charge in [0.05, 0.1) is 17.9 Å². The van der Waals surface area contributed by atoms with Gasteiger partial charge in [-0.3, -0.25) is 9.79 Å². The summed E-state index contributed by atoms with van der Waals surface area (Å²) in [6, 6.07) is 18.2. The molecule has 2 aromatic carbocycles. The molecule has 140 valence electrons. The summed E-state index contributed by atoms with van der Waals surface area (Å²) in [7, 11) is 0. The maximum atomic E-state index is 12.2. The third-order valence-corrected chi connectivity index (χ3v) is 5.21. The van der Waals surface area contributed by atoms with E-state index >= 15 is 0 Å². The summed E-state index contributed by atoms with van der Waals surface area (Å²) in [5.41, 5.74) is 4.88. The first-order valence-corrected chi connectivity index (χ1v) is 10.1. The van der Waals surface area contributed by atoms with E-state index in [-0.39, 0.29) is 5.91 Å². The molecule has 5 nitrogen and oxygen atoms in total. The maximum Gasteiger partial charge on any atom is 0.249 e. The van der Waals surface area contributed by atoms with E-state index in [1.807, 2.05) is 53.3 Å². The summed E-state index contributed by atoms with van der Waals surface area (Å²) in [5.74, 6) is 0.733. The van der Waals surface area contributed by atoms with Crippen molar-refractivity contribution in [3.8, 4) is 16.9 Å². The largest absolute Gasteiger partial charge is 0.302 e. The van der Waals surface area contributed by atoms with Crippen molar-refractivity contribution in [3.05, 3.63) is 78.0 Å². The molecule has 2 heterocycles. The van der Waals surface area contributed by atoms with E-state index in [1.165, 1.54) is 11.6 Å². The Kier molecular flexibility index (Phi) is 5.39. The lowest BCUT2D eigenvalue weighted by molar-refractivity contribution is -0.115. The van der Waals surface area contributed by atoms with E-state index in [2.05, 4.69) is 29.4 Å². The molecule has 0 unspecified atom stereocenters. The molecule has 0 saturated heterocycles. The lowest BCUT2D eigenvalue weighted by Gasteiger charge is -2.01. The van der Waals surface area contributed by atoms with Crippen molar-refractivity contribution < 1.29 is 4.79 Å². The molecular weight excluding hydrogens is 368 g/mol. The molecule has 1 aromatic heterocycles. The fourth-order valence-corrected chi connectivity index (χ4v) is 3.61. The third kappa shape index (κ3) is 4.23. The lowest BCUT2D eigenvalue weighted by Crippen LogP contribution is -2.25. The summed E-state index contributed by atoms with van der Waals surface area (Å²) in [6.07, 6.45) is 5.28. The lowest BCUT2D eigenvalue weighted by atomic mass is 10.1. The molecule has 6 heteroatoms. The Balaban J connectivity index is 1.65. The summed E-state index contributed by atoms with van der Waals surface area (Å²) < 4.78 is 1.84. The van der Waals surface area contributed by atoms with Crippen LogP contribution in [-0.4, -0.2) is 33.2 Å². The van der Waals surface area contributed by atoms with Gasteiger partial charge >= 0.3 is 0 Å². The average molecular weight is 388 g/mol. The number of carbonyl (C=O) groups excluding carboxylic acids is 1. The van der Waals surface area contributed by atoms with E-state index in [1.54, 1.807) is 17.8 Å². The van der Waals surface area contributed by atoms with Crippen LogP contribution in [-0.2, 0) is 4.79 Å². The van der Waals surface area contributed by atoms with Gasteiger partial charge < -0.3 is 5.32 Å². The Morgan fingerprint density at radius 1 is 1.14 bits per heavy atom. The van der Waals surface area contributed by atoms with E-state index in [0.29, 0.717) is 5.17 Å². The number of rotatable bonds is 4. The maximum absolute atomic E-state index is 12.2. The van der Waals surface area contributed by atoms with E-state index < -0.39 is 0 Å². The molecule has 0 spiro atoms. The molecule has 28 heavy (non-hydrogen) atoms. The number of amides is 1. The van der Waals surface area contributed by atoms with E-state index in [4.69, 9.17) is 5.10 Å². The van der Waals surface area contributed by atoms with Crippen LogP contribution in [0.3, 0.4) is 0 Å². The second-order valence-electron chi connectivity index (χ2n) is 6.44. The number of aryl methyl sites for hydroxylation is 1. The van der Waals surface area contributed by atoms with Crippen LogP contribution in [0.5, 0.6) is 0 Å². The Labute approximate surface area is 168 Å². The van der Waals surface area contributed by atoms with Gasteiger partial charge in [-0.15, -0.1) is 0 Å². The second-order valence-corrected chi connectivity index (χ2v) is 7.52. The van der Waals surface area contributed by atoms with Crippen molar-refractivity contribution in [2.75, 3.05) is 12.3 Å². The smallest absolute Gasteiger partial charge is 0.249 e. The fraction of sp³-hybridized carbons (Fsp3) is 0.136. The monoisotopic (exact) mass is 388 g/mol. The molecule has 0 fully saturated rings. The van der Waals surface area contributed by atoms with E-state index in [0.717, 1.165) is 34.8 Å². The number of nitrogens with zero attached hydrogens (tertiary/aromatic N) is 3. The SMILES string of the molecule is Cc1ccc(-c2nn(-c3ccccc3)cc2C=CC(=O)NC2=NCCS2)cc1. The normalized spacial score (nSPS) is 13.7. The minimum Gasteiger partial charge on any atom is -0.302 e. The highest BCUT2D eigenvalue weighted by Gasteiger charge is 2.12. The zero-order valence-electron chi connectivity index (χ0n) is 15.5.